The molecule has 0 amide bonds. The molecule has 0 saturated heterocycles. The first-order valence-corrected chi connectivity index (χ1v) is 8.11. The molecule has 0 aliphatic heterocycles. The third kappa shape index (κ3) is 4.04. The van der Waals surface area contributed by atoms with Crippen LogP contribution in [0.15, 0.2) is 30.9 Å². The van der Waals surface area contributed by atoms with E-state index in [0.717, 1.165) is 24.7 Å². The Morgan fingerprint density at radius 3 is 2.42 bits per heavy atom. The van der Waals surface area contributed by atoms with Crippen molar-refractivity contribution in [2.75, 3.05) is 0 Å². The summed E-state index contributed by atoms with van der Waals surface area (Å²) < 4.78 is 40.5. The van der Waals surface area contributed by atoms with E-state index >= 15 is 0 Å². The lowest BCUT2D eigenvalue weighted by Crippen LogP contribution is -2.14. The molecule has 3 heterocycles. The zero-order chi connectivity index (χ0) is 18.7. The van der Waals surface area contributed by atoms with Gasteiger partial charge in [0.25, 0.3) is 0 Å². The van der Waals surface area contributed by atoms with Crippen LogP contribution in [0.4, 0.5) is 13.2 Å². The maximum atomic E-state index is 12.9. The van der Waals surface area contributed by atoms with E-state index in [-0.39, 0.29) is 18.1 Å². The van der Waals surface area contributed by atoms with Gasteiger partial charge in [0.2, 0.25) is 0 Å². The van der Waals surface area contributed by atoms with Gasteiger partial charge in [-0.2, -0.15) is 13.2 Å². The Bertz CT molecular complexity index is 886. The molecule has 0 aromatic carbocycles. The van der Waals surface area contributed by atoms with Gasteiger partial charge in [-0.05, 0) is 19.4 Å². The maximum absolute atomic E-state index is 12.9. The van der Waals surface area contributed by atoms with E-state index in [9.17, 15) is 13.2 Å². The fourth-order valence-corrected chi connectivity index (χ4v) is 2.52. The van der Waals surface area contributed by atoms with E-state index in [1.54, 1.807) is 29.4 Å². The Hall–Kier alpha value is -2.84. The van der Waals surface area contributed by atoms with Crippen molar-refractivity contribution in [3.05, 3.63) is 53.9 Å². The lowest BCUT2D eigenvalue weighted by Gasteiger charge is -2.11. The Morgan fingerprint density at radius 1 is 1.04 bits per heavy atom. The van der Waals surface area contributed by atoms with Gasteiger partial charge in [-0.1, -0.05) is 6.92 Å². The highest BCUT2D eigenvalue weighted by Crippen LogP contribution is 2.28. The zero-order valence-corrected chi connectivity index (χ0v) is 14.3. The molecular formula is C17H17F3N6. The first-order valence-electron chi connectivity index (χ1n) is 8.11. The molecule has 0 fully saturated rings. The number of aromatic nitrogens is 6. The highest BCUT2D eigenvalue weighted by Gasteiger charge is 2.33. The summed E-state index contributed by atoms with van der Waals surface area (Å²) in [6.07, 6.45) is 3.77. The van der Waals surface area contributed by atoms with Crippen molar-refractivity contribution in [3.8, 4) is 11.4 Å². The number of nitrogens with zero attached hydrogens (tertiary/aromatic N) is 6. The monoisotopic (exact) mass is 362 g/mol. The lowest BCUT2D eigenvalue weighted by atomic mass is 10.3. The molecule has 0 bridgehead atoms. The van der Waals surface area contributed by atoms with Crippen LogP contribution in [0.3, 0.4) is 0 Å². The van der Waals surface area contributed by atoms with Gasteiger partial charge < -0.3 is 4.57 Å². The highest BCUT2D eigenvalue weighted by molar-refractivity contribution is 5.52. The fourth-order valence-electron chi connectivity index (χ4n) is 2.52. The molecule has 0 radical (unpaired) electrons. The van der Waals surface area contributed by atoms with Crippen LogP contribution in [0.5, 0.6) is 0 Å². The minimum absolute atomic E-state index is 0.0663. The third-order valence-corrected chi connectivity index (χ3v) is 3.66. The number of alkyl halides is 3. The van der Waals surface area contributed by atoms with Crippen LogP contribution in [0, 0.1) is 6.92 Å². The standard InChI is InChI=1S/C17H17F3N6/c1-3-4-14-22-8-12(9-23-14)16-21-5-6-26(16)10-15-24-11(2)7-13(25-15)17(18,19)20/h5-9H,3-4,10H2,1-2H3. The van der Waals surface area contributed by atoms with E-state index in [2.05, 4.69) is 24.9 Å². The maximum Gasteiger partial charge on any atom is 0.433 e. The second-order valence-corrected chi connectivity index (χ2v) is 5.83. The van der Waals surface area contributed by atoms with Gasteiger partial charge in [-0.15, -0.1) is 0 Å². The summed E-state index contributed by atoms with van der Waals surface area (Å²) in [7, 11) is 0. The smallest absolute Gasteiger partial charge is 0.323 e. The molecule has 0 unspecified atom stereocenters. The van der Waals surface area contributed by atoms with Crippen LogP contribution in [-0.2, 0) is 19.1 Å². The quantitative estimate of drug-likeness (QED) is 0.695. The summed E-state index contributed by atoms with van der Waals surface area (Å²) in [4.78, 5) is 20.6. The molecule has 136 valence electrons. The molecule has 0 aliphatic rings. The normalized spacial score (nSPS) is 11.7. The molecule has 0 N–H and O–H groups in total. The van der Waals surface area contributed by atoms with Crippen molar-refractivity contribution >= 4 is 0 Å². The number of aryl methyl sites for hydroxylation is 2. The fraction of sp³-hybridized carbons (Fsp3) is 0.353. The van der Waals surface area contributed by atoms with Gasteiger partial charge in [-0.25, -0.2) is 24.9 Å². The second-order valence-electron chi connectivity index (χ2n) is 5.83. The Labute approximate surface area is 148 Å². The van der Waals surface area contributed by atoms with Crippen molar-refractivity contribution in [1.82, 2.24) is 29.5 Å². The van der Waals surface area contributed by atoms with E-state index in [1.165, 1.54) is 6.92 Å². The number of hydrogen-bond donors (Lipinski definition) is 0. The summed E-state index contributed by atoms with van der Waals surface area (Å²) in [5.74, 6) is 1.36. The van der Waals surface area contributed by atoms with Gasteiger partial charge in [0.05, 0.1) is 12.1 Å². The highest BCUT2D eigenvalue weighted by atomic mass is 19.4. The van der Waals surface area contributed by atoms with Crippen molar-refractivity contribution < 1.29 is 13.2 Å². The van der Waals surface area contributed by atoms with Gasteiger partial charge in [0.1, 0.15) is 23.2 Å². The molecule has 3 aromatic heterocycles. The van der Waals surface area contributed by atoms with Crippen molar-refractivity contribution in [1.29, 1.82) is 0 Å². The first kappa shape index (κ1) is 18.0. The van der Waals surface area contributed by atoms with Crippen LogP contribution in [0.25, 0.3) is 11.4 Å². The van der Waals surface area contributed by atoms with Crippen molar-refractivity contribution in [2.45, 2.75) is 39.4 Å². The summed E-state index contributed by atoms with van der Waals surface area (Å²) >= 11 is 0. The molecule has 6 nitrogen and oxygen atoms in total. The number of halogens is 3. The Morgan fingerprint density at radius 2 is 1.77 bits per heavy atom. The average Bonchev–Trinajstić information content (AvgIpc) is 3.02. The van der Waals surface area contributed by atoms with E-state index in [0.29, 0.717) is 11.4 Å². The molecule has 0 spiro atoms. The summed E-state index contributed by atoms with van der Waals surface area (Å²) in [6.45, 7) is 3.62. The average molecular weight is 362 g/mol. The predicted molar refractivity (Wildman–Crippen MR) is 88.1 cm³/mol. The van der Waals surface area contributed by atoms with Crippen molar-refractivity contribution in [3.63, 3.8) is 0 Å². The lowest BCUT2D eigenvalue weighted by molar-refractivity contribution is -0.141. The molecule has 0 saturated carbocycles. The molecule has 0 atom stereocenters. The summed E-state index contributed by atoms with van der Waals surface area (Å²) in [6, 6.07) is 0.929. The van der Waals surface area contributed by atoms with Crippen LogP contribution in [0.2, 0.25) is 0 Å². The summed E-state index contributed by atoms with van der Waals surface area (Å²) in [5.41, 5.74) is -0.0105. The summed E-state index contributed by atoms with van der Waals surface area (Å²) in [5, 5.41) is 0. The van der Waals surface area contributed by atoms with Gasteiger partial charge in [0.15, 0.2) is 0 Å². The Kier molecular flexibility index (Phi) is 4.97. The minimum atomic E-state index is -4.51. The number of imidazole rings is 1. The largest absolute Gasteiger partial charge is 0.433 e. The topological polar surface area (TPSA) is 69.4 Å². The van der Waals surface area contributed by atoms with Crippen LogP contribution in [0.1, 0.15) is 36.4 Å². The molecule has 9 heteroatoms. The van der Waals surface area contributed by atoms with Crippen LogP contribution in [-0.4, -0.2) is 29.5 Å². The van der Waals surface area contributed by atoms with E-state index in [4.69, 9.17) is 0 Å². The van der Waals surface area contributed by atoms with E-state index in [1.807, 2.05) is 6.92 Å². The van der Waals surface area contributed by atoms with E-state index < -0.39 is 11.9 Å². The van der Waals surface area contributed by atoms with Crippen molar-refractivity contribution in [2.24, 2.45) is 0 Å². The molecular weight excluding hydrogens is 345 g/mol. The molecule has 3 aromatic rings. The third-order valence-electron chi connectivity index (χ3n) is 3.66. The van der Waals surface area contributed by atoms with Gasteiger partial charge >= 0.3 is 6.18 Å². The number of rotatable bonds is 5. The second kappa shape index (κ2) is 7.19. The zero-order valence-electron chi connectivity index (χ0n) is 14.3. The Balaban J connectivity index is 1.89. The predicted octanol–water partition coefficient (Wildman–Crippen LogP) is 3.46. The van der Waals surface area contributed by atoms with Crippen LogP contribution >= 0.6 is 0 Å². The number of hydrogen-bond acceptors (Lipinski definition) is 5. The molecule has 0 aliphatic carbocycles. The van der Waals surface area contributed by atoms with Gasteiger partial charge in [-0.3, -0.25) is 0 Å². The molecule has 26 heavy (non-hydrogen) atoms. The minimum Gasteiger partial charge on any atom is -0.323 e. The van der Waals surface area contributed by atoms with Gasteiger partial charge in [0, 0.05) is 36.9 Å². The first-order chi connectivity index (χ1) is 12.4. The molecule has 3 rings (SSSR count). The van der Waals surface area contributed by atoms with Crippen LogP contribution < -0.4 is 0 Å². The SMILES string of the molecule is CCCc1ncc(-c2nccn2Cc2nc(C)cc(C(F)(F)F)n2)cn1.